The predicted octanol–water partition coefficient (Wildman–Crippen LogP) is 1.98. The number of pyridine rings is 1. The average Bonchev–Trinajstić information content (AvgIpc) is 3.23. The van der Waals surface area contributed by atoms with Crippen molar-refractivity contribution in [2.75, 3.05) is 54.0 Å². The first-order valence-electron chi connectivity index (χ1n) is 9.20. The Morgan fingerprint density at radius 1 is 0.846 bits per heavy atom. The summed E-state index contributed by atoms with van der Waals surface area (Å²) in [5, 5.41) is 9.03. The zero-order valence-corrected chi connectivity index (χ0v) is 15.1. The van der Waals surface area contributed by atoms with Crippen molar-refractivity contribution < 1.29 is 0 Å². The zero-order valence-electron chi connectivity index (χ0n) is 15.1. The van der Waals surface area contributed by atoms with Crippen LogP contribution < -0.4 is 14.7 Å². The van der Waals surface area contributed by atoms with Crippen LogP contribution in [0.2, 0.25) is 0 Å². The first-order chi connectivity index (χ1) is 12.7. The van der Waals surface area contributed by atoms with E-state index in [9.17, 15) is 0 Å². The van der Waals surface area contributed by atoms with Gasteiger partial charge in [0.1, 0.15) is 23.4 Å². The van der Waals surface area contributed by atoms with Gasteiger partial charge in [-0.25, -0.2) is 9.97 Å². The summed E-state index contributed by atoms with van der Waals surface area (Å²) in [4.78, 5) is 20.7. The molecule has 2 saturated heterocycles. The maximum absolute atomic E-state index is 9.03. The summed E-state index contributed by atoms with van der Waals surface area (Å²) in [6.07, 6.45) is 2.48. The molecule has 2 fully saturated rings. The molecule has 2 aromatic heterocycles. The fourth-order valence-corrected chi connectivity index (χ4v) is 3.58. The molecule has 7 heteroatoms. The van der Waals surface area contributed by atoms with Gasteiger partial charge in [-0.15, -0.1) is 0 Å². The van der Waals surface area contributed by atoms with Crippen LogP contribution in [0.25, 0.3) is 0 Å². The third-order valence-electron chi connectivity index (χ3n) is 4.99. The largest absolute Gasteiger partial charge is 0.356 e. The fourth-order valence-electron chi connectivity index (χ4n) is 3.58. The third-order valence-corrected chi connectivity index (χ3v) is 4.99. The second kappa shape index (κ2) is 7.16. The molecule has 0 saturated carbocycles. The molecule has 7 nitrogen and oxygen atoms in total. The third kappa shape index (κ3) is 3.40. The summed E-state index contributed by atoms with van der Waals surface area (Å²) in [7, 11) is 0. The second-order valence-corrected chi connectivity index (χ2v) is 6.83. The van der Waals surface area contributed by atoms with Gasteiger partial charge in [0.05, 0.1) is 0 Å². The van der Waals surface area contributed by atoms with Crippen LogP contribution in [0.1, 0.15) is 24.2 Å². The van der Waals surface area contributed by atoms with Crippen molar-refractivity contribution in [2.45, 2.75) is 19.8 Å². The standard InChI is InChI=1S/C19H23N7/c1-15-13-18(24-7-2-3-8-24)23-19(21-15)26-11-9-25(10-12-26)17-6-4-5-16(14-20)22-17/h4-6,13H,2-3,7-12H2,1H3. The Kier molecular flexibility index (Phi) is 4.57. The Bertz CT molecular complexity index is 815. The lowest BCUT2D eigenvalue weighted by Crippen LogP contribution is -2.47. The molecule has 0 aliphatic carbocycles. The molecule has 0 spiro atoms. The first kappa shape index (κ1) is 16.6. The second-order valence-electron chi connectivity index (χ2n) is 6.83. The number of aromatic nitrogens is 3. The summed E-state index contributed by atoms with van der Waals surface area (Å²) in [6, 6.07) is 9.78. The smallest absolute Gasteiger partial charge is 0.227 e. The van der Waals surface area contributed by atoms with Gasteiger partial charge in [-0.05, 0) is 31.9 Å². The number of hydrogen-bond acceptors (Lipinski definition) is 7. The molecule has 134 valence electrons. The molecule has 0 radical (unpaired) electrons. The summed E-state index contributed by atoms with van der Waals surface area (Å²) >= 11 is 0. The average molecular weight is 349 g/mol. The SMILES string of the molecule is Cc1cc(N2CCCC2)nc(N2CCN(c3cccc(C#N)n3)CC2)n1. The Morgan fingerprint density at radius 3 is 2.27 bits per heavy atom. The van der Waals surface area contributed by atoms with Crippen LogP contribution in [0.5, 0.6) is 0 Å². The summed E-state index contributed by atoms with van der Waals surface area (Å²) in [5.74, 6) is 2.74. The number of anilines is 3. The lowest BCUT2D eigenvalue weighted by Gasteiger charge is -2.35. The Labute approximate surface area is 153 Å². The van der Waals surface area contributed by atoms with Crippen LogP contribution in [-0.2, 0) is 0 Å². The normalized spacial score (nSPS) is 17.5. The summed E-state index contributed by atoms with van der Waals surface area (Å²) in [5.41, 5.74) is 1.48. The van der Waals surface area contributed by atoms with Crippen molar-refractivity contribution in [1.82, 2.24) is 15.0 Å². The molecule has 0 N–H and O–H groups in total. The quantitative estimate of drug-likeness (QED) is 0.839. The molecule has 4 rings (SSSR count). The van der Waals surface area contributed by atoms with Crippen LogP contribution in [0, 0.1) is 18.3 Å². The van der Waals surface area contributed by atoms with E-state index in [1.54, 1.807) is 6.07 Å². The van der Waals surface area contributed by atoms with E-state index in [0.29, 0.717) is 5.69 Å². The predicted molar refractivity (Wildman–Crippen MR) is 102 cm³/mol. The van der Waals surface area contributed by atoms with Gasteiger partial charge in [0, 0.05) is 51.0 Å². The van der Waals surface area contributed by atoms with Gasteiger partial charge in [0.2, 0.25) is 5.95 Å². The molecule has 0 unspecified atom stereocenters. The molecular formula is C19H23N7. The van der Waals surface area contributed by atoms with Crippen LogP contribution in [0.15, 0.2) is 24.3 Å². The number of nitrogens with zero attached hydrogens (tertiary/aromatic N) is 7. The number of nitriles is 1. The molecule has 26 heavy (non-hydrogen) atoms. The highest BCUT2D eigenvalue weighted by Gasteiger charge is 2.22. The van der Waals surface area contributed by atoms with Crippen molar-refractivity contribution in [3.05, 3.63) is 35.7 Å². The molecule has 0 bridgehead atoms. The van der Waals surface area contributed by atoms with Gasteiger partial charge in [0.15, 0.2) is 0 Å². The van der Waals surface area contributed by atoms with Crippen molar-refractivity contribution in [1.29, 1.82) is 5.26 Å². The van der Waals surface area contributed by atoms with Gasteiger partial charge >= 0.3 is 0 Å². The lowest BCUT2D eigenvalue weighted by molar-refractivity contribution is 0.633. The molecular weight excluding hydrogens is 326 g/mol. The van der Waals surface area contributed by atoms with Gasteiger partial charge < -0.3 is 14.7 Å². The molecule has 2 aromatic rings. The minimum absolute atomic E-state index is 0.460. The highest BCUT2D eigenvalue weighted by atomic mass is 15.3. The maximum atomic E-state index is 9.03. The van der Waals surface area contributed by atoms with Gasteiger partial charge in [-0.3, -0.25) is 0 Å². The molecule has 4 heterocycles. The van der Waals surface area contributed by atoms with Gasteiger partial charge in [0.25, 0.3) is 0 Å². The first-order valence-corrected chi connectivity index (χ1v) is 9.20. The van der Waals surface area contributed by atoms with Gasteiger partial charge in [-0.1, -0.05) is 6.07 Å². The van der Waals surface area contributed by atoms with E-state index < -0.39 is 0 Å². The van der Waals surface area contributed by atoms with E-state index in [4.69, 9.17) is 10.2 Å². The number of rotatable bonds is 3. The lowest BCUT2D eigenvalue weighted by atomic mass is 10.3. The van der Waals surface area contributed by atoms with E-state index in [1.165, 1.54) is 12.8 Å². The van der Waals surface area contributed by atoms with E-state index in [1.807, 2.05) is 19.1 Å². The van der Waals surface area contributed by atoms with Gasteiger partial charge in [-0.2, -0.15) is 10.2 Å². The van der Waals surface area contributed by atoms with Crippen molar-refractivity contribution in [3.8, 4) is 6.07 Å². The number of aryl methyl sites for hydroxylation is 1. The number of hydrogen-bond donors (Lipinski definition) is 0. The summed E-state index contributed by atoms with van der Waals surface area (Å²) in [6.45, 7) is 7.60. The zero-order chi connectivity index (χ0) is 17.9. The van der Waals surface area contributed by atoms with Crippen LogP contribution >= 0.6 is 0 Å². The van der Waals surface area contributed by atoms with E-state index >= 15 is 0 Å². The molecule has 0 atom stereocenters. The van der Waals surface area contributed by atoms with E-state index in [0.717, 1.165) is 62.5 Å². The van der Waals surface area contributed by atoms with Crippen molar-refractivity contribution >= 4 is 17.6 Å². The molecule has 2 aliphatic heterocycles. The van der Waals surface area contributed by atoms with Crippen LogP contribution in [0.4, 0.5) is 17.6 Å². The topological polar surface area (TPSA) is 72.2 Å². The highest BCUT2D eigenvalue weighted by Crippen LogP contribution is 2.23. The maximum Gasteiger partial charge on any atom is 0.227 e. The number of piperazine rings is 1. The highest BCUT2D eigenvalue weighted by molar-refractivity contribution is 5.48. The van der Waals surface area contributed by atoms with Crippen molar-refractivity contribution in [3.63, 3.8) is 0 Å². The van der Waals surface area contributed by atoms with Crippen LogP contribution in [0.3, 0.4) is 0 Å². The van der Waals surface area contributed by atoms with Crippen LogP contribution in [-0.4, -0.2) is 54.2 Å². The monoisotopic (exact) mass is 349 g/mol. The molecule has 2 aliphatic rings. The van der Waals surface area contributed by atoms with E-state index in [-0.39, 0.29) is 0 Å². The molecule has 0 amide bonds. The van der Waals surface area contributed by atoms with E-state index in [2.05, 4.69) is 36.8 Å². The Morgan fingerprint density at radius 2 is 1.54 bits per heavy atom. The fraction of sp³-hybridized carbons (Fsp3) is 0.474. The Balaban J connectivity index is 1.47. The summed E-state index contributed by atoms with van der Waals surface area (Å²) < 4.78 is 0. The Hall–Kier alpha value is -2.88. The minimum atomic E-state index is 0.460. The van der Waals surface area contributed by atoms with Crippen molar-refractivity contribution in [2.24, 2.45) is 0 Å². The minimum Gasteiger partial charge on any atom is -0.356 e. The molecule has 0 aromatic carbocycles.